The number of carbonyl (C=O) groups is 1. The predicted molar refractivity (Wildman–Crippen MR) is 72.0 cm³/mol. The van der Waals surface area contributed by atoms with E-state index in [1.807, 2.05) is 25.7 Å². The fourth-order valence-corrected chi connectivity index (χ4v) is 2.11. The second kappa shape index (κ2) is 4.91. The van der Waals surface area contributed by atoms with Crippen LogP contribution < -0.4 is 20.7 Å². The monoisotopic (exact) mass is 265 g/mol. The average molecular weight is 265 g/mol. The Morgan fingerprint density at radius 2 is 2.26 bits per heavy atom. The second-order valence-corrected chi connectivity index (χ2v) is 4.82. The highest BCUT2D eigenvalue weighted by molar-refractivity contribution is 5.91. The van der Waals surface area contributed by atoms with Crippen molar-refractivity contribution < 1.29 is 9.53 Å². The van der Waals surface area contributed by atoms with Gasteiger partial charge in [0, 0.05) is 13.1 Å². The number of piperazine rings is 1. The minimum Gasteiger partial charge on any atom is -0.476 e. The maximum absolute atomic E-state index is 12.0. The Balaban J connectivity index is 2.41. The molecule has 0 unspecified atom stereocenters. The lowest BCUT2D eigenvalue weighted by Crippen LogP contribution is -2.62. The summed E-state index contributed by atoms with van der Waals surface area (Å²) in [5.74, 6) is 0.849. The molecule has 1 aliphatic rings. The van der Waals surface area contributed by atoms with Gasteiger partial charge in [0.15, 0.2) is 5.82 Å². The van der Waals surface area contributed by atoms with Crippen molar-refractivity contribution in [2.45, 2.75) is 26.3 Å². The van der Waals surface area contributed by atoms with Gasteiger partial charge in [-0.1, -0.05) is 0 Å². The number of carbonyl (C=O) groups excluding carboxylic acids is 1. The molecule has 1 aliphatic heterocycles. The predicted octanol–water partition coefficient (Wildman–Crippen LogP) is 0.172. The summed E-state index contributed by atoms with van der Waals surface area (Å²) in [5.41, 5.74) is 5.71. The Morgan fingerprint density at radius 1 is 1.53 bits per heavy atom. The lowest BCUT2D eigenvalue weighted by Gasteiger charge is -2.42. The summed E-state index contributed by atoms with van der Waals surface area (Å²) < 4.78 is 5.36. The van der Waals surface area contributed by atoms with Crippen LogP contribution in [0.2, 0.25) is 0 Å². The maximum atomic E-state index is 12.0. The summed E-state index contributed by atoms with van der Waals surface area (Å²) in [4.78, 5) is 22.0. The largest absolute Gasteiger partial charge is 0.476 e. The van der Waals surface area contributed by atoms with Gasteiger partial charge in [-0.2, -0.15) is 4.98 Å². The molecule has 2 heterocycles. The van der Waals surface area contributed by atoms with Gasteiger partial charge >= 0.3 is 0 Å². The van der Waals surface area contributed by atoms with Crippen LogP contribution >= 0.6 is 0 Å². The Kier molecular flexibility index (Phi) is 3.46. The van der Waals surface area contributed by atoms with Gasteiger partial charge in [0.2, 0.25) is 11.8 Å². The maximum Gasteiger partial charge on any atom is 0.245 e. The molecule has 19 heavy (non-hydrogen) atoms. The van der Waals surface area contributed by atoms with Gasteiger partial charge in [0.25, 0.3) is 0 Å². The molecule has 0 atom stereocenters. The fourth-order valence-electron chi connectivity index (χ4n) is 2.11. The molecule has 0 saturated carbocycles. The van der Waals surface area contributed by atoms with Crippen LogP contribution in [-0.2, 0) is 4.79 Å². The van der Waals surface area contributed by atoms with Crippen molar-refractivity contribution in [3.8, 4) is 5.88 Å². The third kappa shape index (κ3) is 2.27. The summed E-state index contributed by atoms with van der Waals surface area (Å²) in [5, 5.41) is 2.84. The Labute approximate surface area is 112 Å². The van der Waals surface area contributed by atoms with Gasteiger partial charge in [-0.15, -0.1) is 0 Å². The lowest BCUT2D eigenvalue weighted by molar-refractivity contribution is -0.126. The molecule has 1 aromatic rings. The Morgan fingerprint density at radius 3 is 2.95 bits per heavy atom. The minimum atomic E-state index is -0.704. The van der Waals surface area contributed by atoms with Gasteiger partial charge in [0.05, 0.1) is 6.61 Å². The zero-order chi connectivity index (χ0) is 14.0. The van der Waals surface area contributed by atoms with Crippen molar-refractivity contribution in [3.05, 3.63) is 6.33 Å². The first-order chi connectivity index (χ1) is 8.98. The van der Waals surface area contributed by atoms with E-state index in [1.54, 1.807) is 0 Å². The van der Waals surface area contributed by atoms with Crippen LogP contribution in [0.3, 0.4) is 0 Å². The van der Waals surface area contributed by atoms with Crippen molar-refractivity contribution in [2.24, 2.45) is 0 Å². The second-order valence-electron chi connectivity index (χ2n) is 4.82. The molecule has 7 heteroatoms. The third-order valence-corrected chi connectivity index (χ3v) is 3.21. The van der Waals surface area contributed by atoms with Gasteiger partial charge < -0.3 is 20.7 Å². The first kappa shape index (κ1) is 13.4. The van der Waals surface area contributed by atoms with Crippen LogP contribution in [0.5, 0.6) is 5.88 Å². The standard InChI is InChI=1S/C12H19N5O2/c1-4-19-10-8(13)9(15-7-16-10)17-6-5-14-11(18)12(17,2)3/h7H,4-6,13H2,1-3H3,(H,14,18). The number of nitrogens with zero attached hydrogens (tertiary/aromatic N) is 3. The molecule has 1 amide bonds. The van der Waals surface area contributed by atoms with E-state index in [0.717, 1.165) is 0 Å². The average Bonchev–Trinajstić information content (AvgIpc) is 2.36. The molecular weight excluding hydrogens is 246 g/mol. The Hall–Kier alpha value is -2.05. The first-order valence-corrected chi connectivity index (χ1v) is 6.27. The number of nitrogens with two attached hydrogens (primary N) is 1. The van der Waals surface area contributed by atoms with Crippen LogP contribution in [0.1, 0.15) is 20.8 Å². The van der Waals surface area contributed by atoms with Crippen LogP contribution in [0.25, 0.3) is 0 Å². The fraction of sp³-hybridized carbons (Fsp3) is 0.583. The van der Waals surface area contributed by atoms with E-state index in [0.29, 0.717) is 37.1 Å². The normalized spacial score (nSPS) is 18.1. The van der Waals surface area contributed by atoms with E-state index in [4.69, 9.17) is 10.5 Å². The van der Waals surface area contributed by atoms with Gasteiger partial charge in [-0.05, 0) is 20.8 Å². The molecule has 0 bridgehead atoms. The molecule has 2 rings (SSSR count). The molecule has 7 nitrogen and oxygen atoms in total. The molecular formula is C12H19N5O2. The summed E-state index contributed by atoms with van der Waals surface area (Å²) >= 11 is 0. The number of hydrogen-bond acceptors (Lipinski definition) is 6. The number of ether oxygens (including phenoxy) is 1. The van der Waals surface area contributed by atoms with Crippen molar-refractivity contribution >= 4 is 17.4 Å². The van der Waals surface area contributed by atoms with Gasteiger partial charge in [0.1, 0.15) is 17.6 Å². The summed E-state index contributed by atoms with van der Waals surface area (Å²) in [6.45, 7) is 7.22. The highest BCUT2D eigenvalue weighted by Gasteiger charge is 2.39. The van der Waals surface area contributed by atoms with E-state index in [1.165, 1.54) is 6.33 Å². The zero-order valence-electron chi connectivity index (χ0n) is 11.4. The molecule has 3 N–H and O–H groups in total. The first-order valence-electron chi connectivity index (χ1n) is 6.27. The van der Waals surface area contributed by atoms with E-state index >= 15 is 0 Å². The molecule has 1 aromatic heterocycles. The molecule has 0 spiro atoms. The number of aromatic nitrogens is 2. The SMILES string of the molecule is CCOc1ncnc(N2CCNC(=O)C2(C)C)c1N. The van der Waals surface area contributed by atoms with Crippen molar-refractivity contribution in [3.63, 3.8) is 0 Å². The number of nitrogens with one attached hydrogen (secondary N) is 1. The zero-order valence-corrected chi connectivity index (χ0v) is 11.4. The lowest BCUT2D eigenvalue weighted by atomic mass is 9.99. The van der Waals surface area contributed by atoms with Gasteiger partial charge in [-0.25, -0.2) is 4.98 Å². The molecule has 104 valence electrons. The molecule has 1 fully saturated rings. The highest BCUT2D eigenvalue weighted by atomic mass is 16.5. The summed E-state index contributed by atoms with van der Waals surface area (Å²) in [7, 11) is 0. The van der Waals surface area contributed by atoms with E-state index < -0.39 is 5.54 Å². The van der Waals surface area contributed by atoms with Crippen molar-refractivity contribution in [2.75, 3.05) is 30.3 Å². The number of anilines is 2. The topological polar surface area (TPSA) is 93.4 Å². The molecule has 0 aliphatic carbocycles. The highest BCUT2D eigenvalue weighted by Crippen LogP contribution is 2.33. The van der Waals surface area contributed by atoms with Crippen LogP contribution in [0, 0.1) is 0 Å². The quantitative estimate of drug-likeness (QED) is 0.809. The number of nitrogen functional groups attached to an aromatic ring is 1. The van der Waals surface area contributed by atoms with Crippen LogP contribution in [0.4, 0.5) is 11.5 Å². The smallest absolute Gasteiger partial charge is 0.245 e. The Bertz CT molecular complexity index is 489. The molecule has 0 aromatic carbocycles. The minimum absolute atomic E-state index is 0.0466. The van der Waals surface area contributed by atoms with E-state index in [2.05, 4.69) is 15.3 Å². The third-order valence-electron chi connectivity index (χ3n) is 3.21. The van der Waals surface area contributed by atoms with Crippen LogP contribution in [0.15, 0.2) is 6.33 Å². The number of rotatable bonds is 3. The van der Waals surface area contributed by atoms with Gasteiger partial charge in [-0.3, -0.25) is 4.79 Å². The van der Waals surface area contributed by atoms with Crippen molar-refractivity contribution in [1.29, 1.82) is 0 Å². The summed E-state index contributed by atoms with van der Waals surface area (Å²) in [6.07, 6.45) is 1.40. The number of amides is 1. The van der Waals surface area contributed by atoms with Crippen LogP contribution in [-0.4, -0.2) is 41.1 Å². The van der Waals surface area contributed by atoms with Crippen molar-refractivity contribution in [1.82, 2.24) is 15.3 Å². The van der Waals surface area contributed by atoms with E-state index in [-0.39, 0.29) is 5.91 Å². The molecule has 0 radical (unpaired) electrons. The number of hydrogen-bond donors (Lipinski definition) is 2. The van der Waals surface area contributed by atoms with E-state index in [9.17, 15) is 4.79 Å². The summed E-state index contributed by atoms with van der Waals surface area (Å²) in [6, 6.07) is 0. The molecule has 1 saturated heterocycles.